The first-order valence-electron chi connectivity index (χ1n) is 22.8. The van der Waals surface area contributed by atoms with Gasteiger partial charge in [-0.15, -0.1) is 20.4 Å². The molecule has 1 amide bonds. The number of benzene rings is 2. The zero-order valence-electron chi connectivity index (χ0n) is 40.4. The monoisotopic (exact) mass is 1040 g/mol. The van der Waals surface area contributed by atoms with Gasteiger partial charge in [-0.1, -0.05) is 84.3 Å². The number of aromatic nitrogens is 4. The van der Waals surface area contributed by atoms with Crippen LogP contribution in [-0.4, -0.2) is 115 Å². The third kappa shape index (κ3) is 12.9. The molecule has 2 aromatic carbocycles. The summed E-state index contributed by atoms with van der Waals surface area (Å²) in [6.07, 6.45) is 1.57. The number of aromatic carboxylic acids is 1. The van der Waals surface area contributed by atoms with Crippen LogP contribution >= 0.6 is 46.2 Å². The first-order valence-corrected chi connectivity index (χ1v) is 26.5. The van der Waals surface area contributed by atoms with E-state index in [1.54, 1.807) is 76.8 Å². The summed E-state index contributed by atoms with van der Waals surface area (Å²) in [6, 6.07) is 9.78. The van der Waals surface area contributed by atoms with Crippen molar-refractivity contribution >= 4 is 90.2 Å². The molecule has 5 aliphatic rings. The first kappa shape index (κ1) is 53.2. The number of ether oxygens (including phenoxy) is 3. The standard InChI is InChI=1S/C32H44BN3O8S2.C14H13BN2O5S2/c1-29(2,3)41-26(38)20-12-10-11-18(25(20)40-28(39)42-30(4,5)6)13-23(35-24(37)16-45-27-36-34-17-46-27)33-43-22-15-19-14-21(31(19,7)8)32(22,9)44-33;18-10(6-23-14-17-16-7-24-14)5-9-4-8-2-1-3-11(13(19)20)12(8)22-15(9)21/h10-12,17,19,21-23H,13-16H2,1-9H3,(H,35,37);1-3,7,9,21H,4-6H2,(H,19,20)/t19-,21-,22?,23-,32-;9-/m01/s1. The quantitative estimate of drug-likeness (QED) is 0.0447. The Morgan fingerprint density at radius 3 is 2.16 bits per heavy atom. The van der Waals surface area contributed by atoms with Crippen LogP contribution in [0.1, 0.15) is 113 Å². The number of rotatable bonds is 15. The maximum atomic E-state index is 13.4. The Balaban J connectivity index is 0.000000252. The second-order valence-corrected chi connectivity index (χ2v) is 24.5. The van der Waals surface area contributed by atoms with Gasteiger partial charge in [-0.3, -0.25) is 9.59 Å². The average molecular weight is 1040 g/mol. The fraction of sp³-hybridized carbons (Fsp3) is 0.543. The third-order valence-electron chi connectivity index (χ3n) is 12.7. The Kier molecular flexibility index (Phi) is 16.5. The Bertz CT molecular complexity index is 2540. The van der Waals surface area contributed by atoms with E-state index in [1.807, 2.05) is 0 Å². The van der Waals surface area contributed by atoms with Gasteiger partial charge in [0.05, 0.1) is 34.7 Å². The van der Waals surface area contributed by atoms with Crippen molar-refractivity contribution in [1.82, 2.24) is 25.7 Å². The Labute approximate surface area is 423 Å². The molecule has 0 spiro atoms. The maximum Gasteiger partial charge on any atom is 0.526 e. The maximum absolute atomic E-state index is 13.4. The number of carboxylic acid groups (broad SMARTS) is 1. The van der Waals surface area contributed by atoms with Crippen LogP contribution in [0.2, 0.25) is 5.82 Å². The molecular weight excluding hydrogens is 980 g/mol. The average Bonchev–Trinajstić information content (AvgIpc) is 4.06. The first-order chi connectivity index (χ1) is 32.9. The van der Waals surface area contributed by atoms with Crippen molar-refractivity contribution in [3.63, 3.8) is 0 Å². The van der Waals surface area contributed by atoms with Gasteiger partial charge in [0.15, 0.2) is 14.4 Å². The number of Topliss-reactive ketones (excluding diaryl/α,β-unsaturated/α-hetero) is 1. The Morgan fingerprint density at radius 2 is 1.54 bits per heavy atom. The zero-order chi connectivity index (χ0) is 50.8. The lowest BCUT2D eigenvalue weighted by molar-refractivity contribution is -0.199. The molecule has 3 N–H and O–H groups in total. The predicted octanol–water partition coefficient (Wildman–Crippen LogP) is 7.67. The van der Waals surface area contributed by atoms with Gasteiger partial charge >= 0.3 is 32.3 Å². The number of para-hydroxylation sites is 2. The van der Waals surface area contributed by atoms with Crippen molar-refractivity contribution < 1.29 is 62.3 Å². The molecule has 2 aromatic heterocycles. The number of thioether (sulfide) groups is 2. The molecule has 4 fully saturated rings. The summed E-state index contributed by atoms with van der Waals surface area (Å²) >= 11 is 5.32. The minimum absolute atomic E-state index is 0.00139. The number of hydrogen-bond donors (Lipinski definition) is 3. The van der Waals surface area contributed by atoms with E-state index in [0.717, 1.165) is 17.2 Å². The van der Waals surface area contributed by atoms with E-state index in [0.29, 0.717) is 33.7 Å². The molecule has 1 unspecified atom stereocenters. The molecule has 24 heteroatoms. The lowest BCUT2D eigenvalue weighted by Crippen LogP contribution is -2.65. The smallest absolute Gasteiger partial charge is 0.526 e. The van der Waals surface area contributed by atoms with Crippen LogP contribution in [0, 0.1) is 17.3 Å². The largest absolute Gasteiger partial charge is 0.535 e. The van der Waals surface area contributed by atoms with Crippen molar-refractivity contribution in [2.45, 2.75) is 138 Å². The third-order valence-corrected chi connectivity index (χ3v) is 16.5. The zero-order valence-corrected chi connectivity index (χ0v) is 43.7. The SMILES string of the molecule is CC(C)(C)OC(=O)Oc1c(C[C@H](NC(=O)CSc2nncs2)B2OC3C[C@@H]4C[C@@H](C4(C)C)[C@]3(C)O2)cccc1C(=O)OC(C)(C)C.O=C(CSc1nncs1)C[C@H]1Cc2cccc(C(=O)O)c2OB1O. The summed E-state index contributed by atoms with van der Waals surface area (Å²) in [6.45, 7) is 17.1. The summed E-state index contributed by atoms with van der Waals surface area (Å²) in [7, 11) is -1.98. The van der Waals surface area contributed by atoms with Crippen molar-refractivity contribution in [3.05, 3.63) is 69.7 Å². The van der Waals surface area contributed by atoms with Crippen molar-refractivity contribution in [1.29, 1.82) is 0 Å². The van der Waals surface area contributed by atoms with Crippen LogP contribution in [0.15, 0.2) is 56.1 Å². The van der Waals surface area contributed by atoms with Crippen LogP contribution < -0.4 is 14.7 Å². The van der Waals surface area contributed by atoms with Crippen LogP contribution in [0.5, 0.6) is 11.5 Å². The van der Waals surface area contributed by atoms with Crippen molar-refractivity contribution in [3.8, 4) is 11.5 Å². The summed E-state index contributed by atoms with van der Waals surface area (Å²) in [4.78, 5) is 63.0. The summed E-state index contributed by atoms with van der Waals surface area (Å²) in [5.41, 5.74) is 2.47. The number of carbonyl (C=O) groups excluding carboxylic acids is 4. The van der Waals surface area contributed by atoms with Gasteiger partial charge < -0.3 is 43.6 Å². The molecule has 70 heavy (non-hydrogen) atoms. The van der Waals surface area contributed by atoms with E-state index >= 15 is 0 Å². The lowest BCUT2D eigenvalue weighted by atomic mass is 9.43. The normalized spacial score (nSPS) is 22.4. The highest BCUT2D eigenvalue weighted by Crippen LogP contribution is 2.65. The minimum atomic E-state index is -1.20. The molecule has 1 saturated heterocycles. The predicted molar refractivity (Wildman–Crippen MR) is 265 cm³/mol. The fourth-order valence-electron chi connectivity index (χ4n) is 9.38. The van der Waals surface area contributed by atoms with E-state index in [2.05, 4.69) is 46.5 Å². The summed E-state index contributed by atoms with van der Waals surface area (Å²) in [5, 5.41) is 37.8. The van der Waals surface area contributed by atoms with Gasteiger partial charge in [-0.25, -0.2) is 14.4 Å². The van der Waals surface area contributed by atoms with Crippen LogP contribution in [-0.2, 0) is 41.2 Å². The second-order valence-electron chi connectivity index (χ2n) is 20.4. The number of carbonyl (C=O) groups is 5. The number of hydrogen-bond acceptors (Lipinski definition) is 20. The van der Waals surface area contributed by atoms with E-state index in [-0.39, 0.29) is 70.2 Å². The fourth-order valence-corrected chi connectivity index (χ4v) is 12.0. The van der Waals surface area contributed by atoms with Gasteiger partial charge in [0.25, 0.3) is 0 Å². The molecule has 6 atom stereocenters. The van der Waals surface area contributed by atoms with Crippen LogP contribution in [0.25, 0.3) is 0 Å². The second kappa shape index (κ2) is 21.6. The number of fused-ring (bicyclic) bond motifs is 1. The number of esters is 1. The van der Waals surface area contributed by atoms with Crippen molar-refractivity contribution in [2.24, 2.45) is 17.3 Å². The highest BCUT2D eigenvalue weighted by molar-refractivity contribution is 8.01. The number of nitrogens with zero attached hydrogens (tertiary/aromatic N) is 4. The number of carboxylic acids is 1. The van der Waals surface area contributed by atoms with Crippen LogP contribution in [0.4, 0.5) is 4.79 Å². The van der Waals surface area contributed by atoms with E-state index in [4.69, 9.17) is 28.2 Å². The van der Waals surface area contributed by atoms with Crippen LogP contribution in [0.3, 0.4) is 0 Å². The lowest BCUT2D eigenvalue weighted by Gasteiger charge is -2.64. The van der Waals surface area contributed by atoms with Gasteiger partial charge in [0.2, 0.25) is 5.91 Å². The molecule has 0 radical (unpaired) electrons. The van der Waals surface area contributed by atoms with Gasteiger partial charge in [-0.2, -0.15) is 0 Å². The molecule has 2 aliphatic heterocycles. The van der Waals surface area contributed by atoms with E-state index in [9.17, 15) is 34.1 Å². The number of ketones is 1. The number of nitrogens with one attached hydrogen (secondary N) is 1. The number of amides is 1. The van der Waals surface area contributed by atoms with Crippen molar-refractivity contribution in [2.75, 3.05) is 11.5 Å². The Hall–Kier alpha value is -4.58. The molecule has 4 heterocycles. The summed E-state index contributed by atoms with van der Waals surface area (Å²) in [5.74, 6) is -1.71. The van der Waals surface area contributed by atoms with Gasteiger partial charge in [0, 0.05) is 12.2 Å². The minimum Gasteiger partial charge on any atom is -0.535 e. The highest BCUT2D eigenvalue weighted by atomic mass is 32.2. The van der Waals surface area contributed by atoms with E-state index in [1.165, 1.54) is 58.3 Å². The molecule has 3 saturated carbocycles. The van der Waals surface area contributed by atoms with E-state index < -0.39 is 60.9 Å². The highest BCUT2D eigenvalue weighted by Gasteiger charge is 2.68. The molecular formula is C46H57B2N5O13S4. The summed E-state index contributed by atoms with van der Waals surface area (Å²) < 4.78 is 37.0. The molecule has 374 valence electrons. The van der Waals surface area contributed by atoms with Gasteiger partial charge in [-0.05, 0) is 115 Å². The molecule has 9 rings (SSSR count). The molecule has 3 aliphatic carbocycles. The topological polar surface area (TPSA) is 245 Å². The molecule has 18 nitrogen and oxygen atoms in total. The molecule has 4 aromatic rings. The molecule has 2 bridgehead atoms. The van der Waals surface area contributed by atoms with Gasteiger partial charge in [0.1, 0.15) is 39.3 Å². The Morgan fingerprint density at radius 1 is 0.900 bits per heavy atom.